The Balaban J connectivity index is 2.03. The lowest BCUT2D eigenvalue weighted by atomic mass is 9.96. The number of hydrogen-bond donors (Lipinski definition) is 1. The maximum absolute atomic E-state index is 12.2. The van der Waals surface area contributed by atoms with Gasteiger partial charge in [-0.1, -0.05) is 41.9 Å². The van der Waals surface area contributed by atoms with Crippen LogP contribution in [-0.2, 0) is 0 Å². The average molecular weight is 274 g/mol. The minimum absolute atomic E-state index is 0.00398. The van der Waals surface area contributed by atoms with Crippen molar-refractivity contribution in [1.29, 1.82) is 0 Å². The van der Waals surface area contributed by atoms with E-state index in [0.29, 0.717) is 28.4 Å². The third kappa shape index (κ3) is 2.17. The van der Waals surface area contributed by atoms with Crippen molar-refractivity contribution in [3.8, 4) is 5.75 Å². The van der Waals surface area contributed by atoms with Crippen LogP contribution < -0.4 is 10.5 Å². The van der Waals surface area contributed by atoms with Gasteiger partial charge in [0, 0.05) is 5.02 Å². The molecule has 19 heavy (non-hydrogen) atoms. The van der Waals surface area contributed by atoms with Gasteiger partial charge in [0.2, 0.25) is 0 Å². The quantitative estimate of drug-likeness (QED) is 0.807. The Morgan fingerprint density at radius 2 is 1.95 bits per heavy atom. The number of fused-ring (bicyclic) bond motifs is 1. The number of ketones is 1. The van der Waals surface area contributed by atoms with E-state index in [0.717, 1.165) is 5.56 Å². The van der Waals surface area contributed by atoms with E-state index in [4.69, 9.17) is 22.1 Å². The molecule has 1 atom stereocenters. The van der Waals surface area contributed by atoms with Crippen molar-refractivity contribution in [2.75, 3.05) is 5.73 Å². The summed E-state index contributed by atoms with van der Waals surface area (Å²) in [5.74, 6) is 0.443. The van der Waals surface area contributed by atoms with Crippen molar-refractivity contribution >= 4 is 23.1 Å². The smallest absolute Gasteiger partial charge is 0.170 e. The molecule has 0 fully saturated rings. The highest BCUT2D eigenvalue weighted by molar-refractivity contribution is 6.31. The van der Waals surface area contributed by atoms with E-state index >= 15 is 0 Å². The van der Waals surface area contributed by atoms with Crippen LogP contribution in [0.1, 0.15) is 28.4 Å². The van der Waals surface area contributed by atoms with Crippen LogP contribution in [-0.4, -0.2) is 5.78 Å². The molecule has 0 aliphatic carbocycles. The van der Waals surface area contributed by atoms with Crippen molar-refractivity contribution < 1.29 is 9.53 Å². The molecule has 0 bridgehead atoms. The summed E-state index contributed by atoms with van der Waals surface area (Å²) in [6.07, 6.45) is 0.0150. The number of anilines is 1. The summed E-state index contributed by atoms with van der Waals surface area (Å²) in [6.45, 7) is 0. The molecular weight excluding hydrogens is 262 g/mol. The van der Waals surface area contributed by atoms with Crippen LogP contribution in [0.15, 0.2) is 42.5 Å². The van der Waals surface area contributed by atoms with Crippen molar-refractivity contribution in [2.24, 2.45) is 0 Å². The van der Waals surface area contributed by atoms with Gasteiger partial charge in [-0.15, -0.1) is 0 Å². The third-order valence-corrected chi connectivity index (χ3v) is 3.40. The highest BCUT2D eigenvalue weighted by Gasteiger charge is 2.29. The number of benzene rings is 2. The van der Waals surface area contributed by atoms with E-state index in [1.165, 1.54) is 0 Å². The molecule has 0 saturated carbocycles. The minimum atomic E-state index is -0.287. The standard InChI is InChI=1S/C15H12ClNO2/c16-10-6-11-13(18)8-14(9-4-2-1-3-5-9)19-15(11)12(17)7-10/h1-7,14H,8,17H2. The van der Waals surface area contributed by atoms with Crippen molar-refractivity contribution in [1.82, 2.24) is 0 Å². The fourth-order valence-corrected chi connectivity index (χ4v) is 2.50. The molecule has 3 nitrogen and oxygen atoms in total. The Morgan fingerprint density at radius 3 is 2.68 bits per heavy atom. The number of hydrogen-bond acceptors (Lipinski definition) is 3. The molecular formula is C15H12ClNO2. The van der Waals surface area contributed by atoms with Crippen LogP contribution in [0, 0.1) is 0 Å². The minimum Gasteiger partial charge on any atom is -0.482 e. The zero-order chi connectivity index (χ0) is 13.4. The predicted octanol–water partition coefficient (Wildman–Crippen LogP) is 3.63. The van der Waals surface area contributed by atoms with Gasteiger partial charge >= 0.3 is 0 Å². The highest BCUT2D eigenvalue weighted by atomic mass is 35.5. The van der Waals surface area contributed by atoms with Gasteiger partial charge in [-0.05, 0) is 17.7 Å². The molecule has 3 rings (SSSR count). The number of ether oxygens (including phenoxy) is 1. The molecule has 0 saturated heterocycles. The van der Waals surface area contributed by atoms with E-state index in [-0.39, 0.29) is 11.9 Å². The summed E-state index contributed by atoms with van der Waals surface area (Å²) < 4.78 is 5.87. The molecule has 0 radical (unpaired) electrons. The normalized spacial score (nSPS) is 17.7. The number of halogens is 1. The predicted molar refractivity (Wildman–Crippen MR) is 74.6 cm³/mol. The Kier molecular flexibility index (Phi) is 2.91. The fourth-order valence-electron chi connectivity index (χ4n) is 2.27. The van der Waals surface area contributed by atoms with Crippen molar-refractivity contribution in [3.63, 3.8) is 0 Å². The van der Waals surface area contributed by atoms with E-state index < -0.39 is 0 Å². The van der Waals surface area contributed by atoms with Crippen molar-refractivity contribution in [2.45, 2.75) is 12.5 Å². The van der Waals surface area contributed by atoms with Gasteiger partial charge in [-0.25, -0.2) is 0 Å². The second-order valence-corrected chi connectivity index (χ2v) is 4.95. The Bertz CT molecular complexity index is 640. The molecule has 0 amide bonds. The molecule has 2 N–H and O–H groups in total. The SMILES string of the molecule is Nc1cc(Cl)cc2c1OC(c1ccccc1)CC2=O. The van der Waals surface area contributed by atoms with Crippen LogP contribution in [0.2, 0.25) is 5.02 Å². The van der Waals surface area contributed by atoms with E-state index in [1.807, 2.05) is 30.3 Å². The van der Waals surface area contributed by atoms with Gasteiger partial charge < -0.3 is 10.5 Å². The Hall–Kier alpha value is -2.00. The molecule has 2 aromatic carbocycles. The summed E-state index contributed by atoms with van der Waals surface area (Å²) in [5.41, 5.74) is 7.72. The first-order valence-corrected chi connectivity index (χ1v) is 6.37. The number of nitrogen functional groups attached to an aromatic ring is 1. The first kappa shape index (κ1) is 12.1. The van der Waals surface area contributed by atoms with Gasteiger partial charge in [0.25, 0.3) is 0 Å². The maximum Gasteiger partial charge on any atom is 0.170 e. The summed E-state index contributed by atoms with van der Waals surface area (Å²) in [6, 6.07) is 12.9. The van der Waals surface area contributed by atoms with Gasteiger partial charge in [-0.2, -0.15) is 0 Å². The van der Waals surface area contributed by atoms with Crippen LogP contribution in [0.5, 0.6) is 5.75 Å². The first-order chi connectivity index (χ1) is 9.15. The maximum atomic E-state index is 12.2. The lowest BCUT2D eigenvalue weighted by Gasteiger charge is -2.26. The number of nitrogens with two attached hydrogens (primary N) is 1. The van der Waals surface area contributed by atoms with E-state index in [1.54, 1.807) is 12.1 Å². The summed E-state index contributed by atoms with van der Waals surface area (Å²) in [4.78, 5) is 12.2. The number of rotatable bonds is 1. The van der Waals surface area contributed by atoms with E-state index in [9.17, 15) is 4.79 Å². The molecule has 2 aromatic rings. The molecule has 1 aliphatic rings. The molecule has 1 aliphatic heterocycles. The second-order valence-electron chi connectivity index (χ2n) is 4.52. The summed E-state index contributed by atoms with van der Waals surface area (Å²) in [5, 5.41) is 0.450. The topological polar surface area (TPSA) is 52.3 Å². The average Bonchev–Trinajstić information content (AvgIpc) is 2.41. The molecule has 1 heterocycles. The fraction of sp³-hybridized carbons (Fsp3) is 0.133. The third-order valence-electron chi connectivity index (χ3n) is 3.19. The van der Waals surface area contributed by atoms with Crippen molar-refractivity contribution in [3.05, 3.63) is 58.6 Å². The van der Waals surface area contributed by atoms with Gasteiger partial charge in [0.1, 0.15) is 6.10 Å². The van der Waals surface area contributed by atoms with Gasteiger partial charge in [0.15, 0.2) is 11.5 Å². The van der Waals surface area contributed by atoms with Crippen LogP contribution in [0.25, 0.3) is 0 Å². The first-order valence-electron chi connectivity index (χ1n) is 5.99. The highest BCUT2D eigenvalue weighted by Crippen LogP contribution is 2.40. The van der Waals surface area contributed by atoms with E-state index in [2.05, 4.69) is 0 Å². The lowest BCUT2D eigenvalue weighted by Crippen LogP contribution is -2.21. The number of carbonyl (C=O) groups excluding carboxylic acids is 1. The molecule has 4 heteroatoms. The van der Waals surface area contributed by atoms with Gasteiger partial charge in [0.05, 0.1) is 17.7 Å². The number of Topliss-reactive ketones (excluding diaryl/α,β-unsaturated/α-hetero) is 1. The zero-order valence-electron chi connectivity index (χ0n) is 10.1. The Labute approximate surface area is 115 Å². The zero-order valence-corrected chi connectivity index (χ0v) is 10.9. The molecule has 1 unspecified atom stereocenters. The van der Waals surface area contributed by atoms with Crippen LogP contribution in [0.4, 0.5) is 5.69 Å². The summed E-state index contributed by atoms with van der Waals surface area (Å²) in [7, 11) is 0. The molecule has 96 valence electrons. The second kappa shape index (κ2) is 4.59. The lowest BCUT2D eigenvalue weighted by molar-refractivity contribution is 0.0851. The molecule has 0 aromatic heterocycles. The monoisotopic (exact) mass is 273 g/mol. The largest absolute Gasteiger partial charge is 0.482 e. The van der Waals surface area contributed by atoms with Crippen LogP contribution in [0.3, 0.4) is 0 Å². The summed E-state index contributed by atoms with van der Waals surface area (Å²) >= 11 is 5.91. The Morgan fingerprint density at radius 1 is 1.21 bits per heavy atom. The number of carbonyl (C=O) groups is 1. The molecule has 0 spiro atoms. The van der Waals surface area contributed by atoms with Crippen LogP contribution >= 0.6 is 11.6 Å². The van der Waals surface area contributed by atoms with Gasteiger partial charge in [-0.3, -0.25) is 4.79 Å².